The molecule has 1 aliphatic carbocycles. The van der Waals surface area contributed by atoms with Crippen molar-refractivity contribution in [2.75, 3.05) is 50.8 Å². The summed E-state index contributed by atoms with van der Waals surface area (Å²) in [5.41, 5.74) is 0.118. The van der Waals surface area contributed by atoms with Gasteiger partial charge in [0.1, 0.15) is 11.6 Å². The van der Waals surface area contributed by atoms with E-state index in [0.717, 1.165) is 70.1 Å². The number of piperazine rings is 1. The van der Waals surface area contributed by atoms with E-state index in [1.54, 1.807) is 0 Å². The van der Waals surface area contributed by atoms with Crippen LogP contribution < -0.4 is 9.64 Å². The van der Waals surface area contributed by atoms with Crippen LogP contribution in [0.3, 0.4) is 0 Å². The van der Waals surface area contributed by atoms with Crippen LogP contribution in [0.5, 0.6) is 5.75 Å². The van der Waals surface area contributed by atoms with Crippen LogP contribution in [0.2, 0.25) is 0 Å². The van der Waals surface area contributed by atoms with Gasteiger partial charge >= 0.3 is 0 Å². The zero-order valence-corrected chi connectivity index (χ0v) is 19.1. The quantitative estimate of drug-likeness (QED) is 0.680. The average molecular weight is 449 g/mol. The number of para-hydroxylation sites is 1. The second-order valence-electron chi connectivity index (χ2n) is 9.41. The first-order valence-electron chi connectivity index (χ1n) is 12.1. The topological polar surface area (TPSA) is 66.0 Å². The van der Waals surface area contributed by atoms with E-state index in [-0.39, 0.29) is 17.2 Å². The van der Waals surface area contributed by atoms with Crippen LogP contribution in [0.4, 0.5) is 5.82 Å². The van der Waals surface area contributed by atoms with Gasteiger partial charge in [0.15, 0.2) is 0 Å². The summed E-state index contributed by atoms with van der Waals surface area (Å²) in [5, 5.41) is 0. The predicted octanol–water partition coefficient (Wildman–Crippen LogP) is 2.83. The normalized spacial score (nSPS) is 21.7. The van der Waals surface area contributed by atoms with Crippen LogP contribution in [0, 0.1) is 11.3 Å². The number of nitrogens with zero attached hydrogens (tertiary/aromatic N) is 4. The maximum absolute atomic E-state index is 13.2. The Morgan fingerprint density at radius 2 is 1.64 bits per heavy atom. The molecule has 3 fully saturated rings. The molecule has 7 heteroatoms. The third-order valence-electron chi connectivity index (χ3n) is 7.49. The van der Waals surface area contributed by atoms with Crippen LogP contribution >= 0.6 is 0 Å². The molecular weight excluding hydrogens is 416 g/mol. The van der Waals surface area contributed by atoms with Gasteiger partial charge in [0.2, 0.25) is 11.8 Å². The Hall–Kier alpha value is -3.09. The van der Waals surface area contributed by atoms with Crippen LogP contribution in [0.25, 0.3) is 0 Å². The number of hydrogen-bond acceptors (Lipinski definition) is 5. The molecule has 1 aromatic carbocycles. The Morgan fingerprint density at radius 3 is 2.33 bits per heavy atom. The fourth-order valence-corrected chi connectivity index (χ4v) is 5.30. The maximum atomic E-state index is 13.2. The Kier molecular flexibility index (Phi) is 6.20. The van der Waals surface area contributed by atoms with E-state index < -0.39 is 0 Å². The van der Waals surface area contributed by atoms with Gasteiger partial charge in [0, 0.05) is 51.4 Å². The zero-order chi connectivity index (χ0) is 22.7. The van der Waals surface area contributed by atoms with Crippen molar-refractivity contribution in [1.82, 2.24) is 14.8 Å². The summed E-state index contributed by atoms with van der Waals surface area (Å²) in [6.07, 6.45) is 5.05. The summed E-state index contributed by atoms with van der Waals surface area (Å²) in [6.45, 7) is 5.08. The number of anilines is 1. The van der Waals surface area contributed by atoms with Crippen LogP contribution in [0.1, 0.15) is 25.7 Å². The van der Waals surface area contributed by atoms with Crippen molar-refractivity contribution >= 4 is 17.6 Å². The average Bonchev–Trinajstić information content (AvgIpc) is 3.58. The number of rotatable bonds is 6. The third-order valence-corrected chi connectivity index (χ3v) is 7.49. The van der Waals surface area contributed by atoms with Gasteiger partial charge in [-0.1, -0.05) is 24.3 Å². The smallest absolute Gasteiger partial charge is 0.226 e. The molecule has 5 rings (SSSR count). The number of likely N-dealkylation sites (tertiary alicyclic amines) is 1. The van der Waals surface area contributed by atoms with Gasteiger partial charge in [0.05, 0.1) is 13.0 Å². The van der Waals surface area contributed by atoms with Crippen molar-refractivity contribution in [1.29, 1.82) is 0 Å². The lowest BCUT2D eigenvalue weighted by Crippen LogP contribution is -2.50. The molecule has 174 valence electrons. The predicted molar refractivity (Wildman–Crippen MR) is 126 cm³/mol. The Bertz CT molecular complexity index is 952. The summed E-state index contributed by atoms with van der Waals surface area (Å²) in [7, 11) is 0. The second-order valence-corrected chi connectivity index (χ2v) is 9.41. The number of carbonyl (C=O) groups excluding carboxylic acids is 2. The number of amides is 2. The lowest BCUT2D eigenvalue weighted by Gasteiger charge is -2.37. The molecule has 2 aliphatic heterocycles. The van der Waals surface area contributed by atoms with E-state index in [9.17, 15) is 9.59 Å². The summed E-state index contributed by atoms with van der Waals surface area (Å²) >= 11 is 0. The highest BCUT2D eigenvalue weighted by Gasteiger charge is 2.59. The minimum absolute atomic E-state index is 0.118. The molecule has 33 heavy (non-hydrogen) atoms. The molecule has 0 bridgehead atoms. The second kappa shape index (κ2) is 9.41. The Balaban J connectivity index is 1.05. The number of carbonyl (C=O) groups is 2. The summed E-state index contributed by atoms with van der Waals surface area (Å²) in [4.78, 5) is 36.4. The monoisotopic (exact) mass is 448 g/mol. The van der Waals surface area contributed by atoms with Crippen LogP contribution in [0.15, 0.2) is 54.7 Å². The lowest BCUT2D eigenvalue weighted by molar-refractivity contribution is -0.135. The van der Waals surface area contributed by atoms with E-state index >= 15 is 0 Å². The number of ether oxygens (including phenoxy) is 1. The molecule has 1 aromatic heterocycles. The first-order valence-corrected chi connectivity index (χ1v) is 12.1. The molecular formula is C26H32N4O3. The largest absolute Gasteiger partial charge is 0.493 e. The fraction of sp³-hybridized carbons (Fsp3) is 0.500. The molecule has 3 aliphatic rings. The van der Waals surface area contributed by atoms with Crippen LogP contribution in [-0.2, 0) is 9.59 Å². The molecule has 3 heterocycles. The van der Waals surface area contributed by atoms with Gasteiger partial charge in [-0.3, -0.25) is 9.59 Å². The highest BCUT2D eigenvalue weighted by atomic mass is 16.5. The van der Waals surface area contributed by atoms with Gasteiger partial charge in [-0.15, -0.1) is 0 Å². The van der Waals surface area contributed by atoms with E-state index in [1.807, 2.05) is 64.5 Å². The first kappa shape index (κ1) is 21.7. The van der Waals surface area contributed by atoms with Crippen molar-refractivity contribution in [2.24, 2.45) is 11.3 Å². The molecule has 2 aromatic rings. The Morgan fingerprint density at radius 1 is 0.909 bits per heavy atom. The van der Waals surface area contributed by atoms with Crippen molar-refractivity contribution in [3.8, 4) is 5.75 Å². The summed E-state index contributed by atoms with van der Waals surface area (Å²) in [6, 6.07) is 15.5. The third kappa shape index (κ3) is 4.82. The maximum Gasteiger partial charge on any atom is 0.226 e. The van der Waals surface area contributed by atoms with E-state index in [4.69, 9.17) is 4.74 Å². The fourth-order valence-electron chi connectivity index (χ4n) is 5.30. The van der Waals surface area contributed by atoms with Crippen molar-refractivity contribution in [3.05, 3.63) is 54.7 Å². The van der Waals surface area contributed by atoms with Gasteiger partial charge in [0.25, 0.3) is 0 Å². The SMILES string of the molecule is O=C(CCOc1ccccc1)N1CCC2(CC1)CC2C(=O)N1CCN(c2ccccn2)CC1. The molecule has 0 N–H and O–H groups in total. The number of hydrogen-bond donors (Lipinski definition) is 0. The molecule has 1 saturated carbocycles. The molecule has 1 atom stereocenters. The number of aromatic nitrogens is 1. The Labute approximate surface area is 195 Å². The first-order chi connectivity index (χ1) is 16.1. The molecule has 2 amide bonds. The molecule has 1 unspecified atom stereocenters. The van der Waals surface area contributed by atoms with Crippen molar-refractivity contribution < 1.29 is 14.3 Å². The number of pyridine rings is 1. The van der Waals surface area contributed by atoms with E-state index in [2.05, 4.69) is 9.88 Å². The van der Waals surface area contributed by atoms with Crippen molar-refractivity contribution in [2.45, 2.75) is 25.7 Å². The highest BCUT2D eigenvalue weighted by molar-refractivity contribution is 5.83. The minimum atomic E-state index is 0.118. The molecule has 1 spiro atoms. The number of piperidine rings is 1. The molecule has 7 nitrogen and oxygen atoms in total. The molecule has 2 saturated heterocycles. The van der Waals surface area contributed by atoms with Gasteiger partial charge in [-0.2, -0.15) is 0 Å². The lowest BCUT2D eigenvalue weighted by atomic mass is 9.90. The van der Waals surface area contributed by atoms with Crippen LogP contribution in [-0.4, -0.2) is 72.5 Å². The summed E-state index contributed by atoms with van der Waals surface area (Å²) in [5.74, 6) is 2.38. The van der Waals surface area contributed by atoms with E-state index in [1.165, 1.54) is 0 Å². The highest BCUT2D eigenvalue weighted by Crippen LogP contribution is 2.60. The van der Waals surface area contributed by atoms with Gasteiger partial charge in [-0.25, -0.2) is 4.98 Å². The van der Waals surface area contributed by atoms with Gasteiger partial charge < -0.3 is 19.4 Å². The minimum Gasteiger partial charge on any atom is -0.493 e. The van der Waals surface area contributed by atoms with Crippen molar-refractivity contribution in [3.63, 3.8) is 0 Å². The number of benzene rings is 1. The van der Waals surface area contributed by atoms with E-state index in [0.29, 0.717) is 18.9 Å². The summed E-state index contributed by atoms with van der Waals surface area (Å²) < 4.78 is 5.67. The zero-order valence-electron chi connectivity index (χ0n) is 19.1. The standard InChI is InChI=1S/C26H32N4O3/c31-24(9-19-33-21-6-2-1-3-7-21)29-13-10-26(11-14-29)20-22(26)25(32)30-17-15-28(16-18-30)23-8-4-5-12-27-23/h1-8,12,22H,9-11,13-20H2. The van der Waals surface area contributed by atoms with Gasteiger partial charge in [-0.05, 0) is 48.9 Å². The molecule has 0 radical (unpaired) electrons.